The first-order chi connectivity index (χ1) is 16.0. The topological polar surface area (TPSA) is 113 Å². The standard InChI is InChI=1S/C22H22F4N6O2/c1-30(12-28)19(29)18(23)21(10-34-11-21)14-3-2-4-15(6-14)31-9-17-16(22(24,25)26)5-13(7-27)8-32(17)20(31)33/h2-6,8-9,12,18,28-29H,7,10-11,27H2,1H3/t18-/m0/s1. The molecule has 0 unspecified atom stereocenters. The van der Waals surface area contributed by atoms with Crippen molar-refractivity contribution in [2.45, 2.75) is 24.3 Å². The molecule has 0 aliphatic carbocycles. The van der Waals surface area contributed by atoms with E-state index in [0.717, 1.165) is 32.5 Å². The molecule has 1 aromatic carbocycles. The van der Waals surface area contributed by atoms with E-state index in [9.17, 15) is 18.0 Å². The molecule has 2 aromatic heterocycles. The Balaban J connectivity index is 1.84. The molecule has 0 spiro atoms. The van der Waals surface area contributed by atoms with Crippen molar-refractivity contribution >= 4 is 17.7 Å². The van der Waals surface area contributed by atoms with E-state index in [1.54, 1.807) is 12.1 Å². The smallest absolute Gasteiger partial charge is 0.379 e. The molecule has 3 heterocycles. The molecule has 0 radical (unpaired) electrons. The van der Waals surface area contributed by atoms with Gasteiger partial charge in [-0.05, 0) is 29.3 Å². The second-order valence-corrected chi connectivity index (χ2v) is 8.19. The molecular weight excluding hydrogens is 456 g/mol. The van der Waals surface area contributed by atoms with Crippen LogP contribution in [0.1, 0.15) is 16.7 Å². The Hall–Kier alpha value is -3.51. The van der Waals surface area contributed by atoms with Crippen LogP contribution >= 0.6 is 0 Å². The van der Waals surface area contributed by atoms with Gasteiger partial charge in [-0.2, -0.15) is 13.2 Å². The van der Waals surface area contributed by atoms with Crippen LogP contribution < -0.4 is 11.4 Å². The van der Waals surface area contributed by atoms with E-state index in [2.05, 4.69) is 0 Å². The van der Waals surface area contributed by atoms with Crippen LogP contribution in [0.2, 0.25) is 0 Å². The van der Waals surface area contributed by atoms with Gasteiger partial charge in [0.15, 0.2) is 6.17 Å². The molecule has 180 valence electrons. The number of fused-ring (bicyclic) bond motifs is 1. The monoisotopic (exact) mass is 478 g/mol. The molecule has 3 aromatic rings. The number of benzene rings is 1. The fraction of sp³-hybridized carbons (Fsp3) is 0.318. The van der Waals surface area contributed by atoms with Gasteiger partial charge in [-0.25, -0.2) is 9.18 Å². The fourth-order valence-electron chi connectivity index (χ4n) is 4.03. The number of nitrogens with two attached hydrogens (primary N) is 1. The van der Waals surface area contributed by atoms with E-state index in [4.69, 9.17) is 21.3 Å². The van der Waals surface area contributed by atoms with Gasteiger partial charge in [0.1, 0.15) is 5.84 Å². The first kappa shape index (κ1) is 23.6. The zero-order chi connectivity index (χ0) is 24.8. The van der Waals surface area contributed by atoms with Crippen LogP contribution in [-0.4, -0.2) is 52.5 Å². The van der Waals surface area contributed by atoms with Crippen molar-refractivity contribution in [1.82, 2.24) is 13.9 Å². The number of hydrogen-bond donors (Lipinski definition) is 3. The average Bonchev–Trinajstić information content (AvgIpc) is 3.12. The number of hydrogen-bond acceptors (Lipinski definition) is 5. The van der Waals surface area contributed by atoms with Gasteiger partial charge in [0.2, 0.25) is 0 Å². The number of pyridine rings is 1. The van der Waals surface area contributed by atoms with E-state index >= 15 is 4.39 Å². The van der Waals surface area contributed by atoms with E-state index < -0.39 is 34.9 Å². The summed E-state index contributed by atoms with van der Waals surface area (Å²) in [6.45, 7) is -0.240. The minimum absolute atomic E-state index is 0.0312. The Bertz CT molecular complexity index is 1330. The summed E-state index contributed by atoms with van der Waals surface area (Å²) in [5, 5.41) is 15.3. The van der Waals surface area contributed by atoms with Gasteiger partial charge in [0.05, 0.1) is 41.7 Å². The van der Waals surface area contributed by atoms with Crippen LogP contribution in [0.15, 0.2) is 47.5 Å². The Morgan fingerprint density at radius 2 is 2.03 bits per heavy atom. The highest BCUT2D eigenvalue weighted by atomic mass is 19.4. The van der Waals surface area contributed by atoms with Gasteiger partial charge in [-0.15, -0.1) is 0 Å². The first-order valence-electron chi connectivity index (χ1n) is 10.2. The van der Waals surface area contributed by atoms with Crippen molar-refractivity contribution in [1.29, 1.82) is 10.8 Å². The summed E-state index contributed by atoms with van der Waals surface area (Å²) in [6.07, 6.45) is -3.34. The van der Waals surface area contributed by atoms with E-state index in [0.29, 0.717) is 5.56 Å². The highest BCUT2D eigenvalue weighted by molar-refractivity contribution is 5.93. The van der Waals surface area contributed by atoms with E-state index in [1.165, 1.54) is 25.4 Å². The lowest BCUT2D eigenvalue weighted by Crippen LogP contribution is -2.58. The highest BCUT2D eigenvalue weighted by Crippen LogP contribution is 2.39. The van der Waals surface area contributed by atoms with Crippen LogP contribution in [0.5, 0.6) is 0 Å². The highest BCUT2D eigenvalue weighted by Gasteiger charge is 2.50. The Labute approximate surface area is 191 Å². The molecule has 1 aliphatic heterocycles. The van der Waals surface area contributed by atoms with Gasteiger partial charge in [-0.3, -0.25) is 19.8 Å². The fourth-order valence-corrected chi connectivity index (χ4v) is 4.03. The van der Waals surface area contributed by atoms with Crippen LogP contribution in [0.3, 0.4) is 0 Å². The zero-order valence-electron chi connectivity index (χ0n) is 18.1. The number of nitrogens with zero attached hydrogens (tertiary/aromatic N) is 3. The lowest BCUT2D eigenvalue weighted by atomic mass is 9.74. The van der Waals surface area contributed by atoms with Crippen molar-refractivity contribution in [3.8, 4) is 5.69 Å². The third-order valence-corrected chi connectivity index (χ3v) is 6.08. The first-order valence-corrected chi connectivity index (χ1v) is 10.2. The SMILES string of the molecule is CN(C=N)C(=N)[C@H](F)C1(c2cccc(-n3cc4c(C(F)(F)F)cc(CN)cn4c3=O)c2)COC1. The second kappa shape index (κ2) is 8.37. The number of amidine groups is 1. The zero-order valence-corrected chi connectivity index (χ0v) is 18.1. The van der Waals surface area contributed by atoms with Crippen LogP contribution in [0.4, 0.5) is 17.6 Å². The van der Waals surface area contributed by atoms with Gasteiger partial charge in [0.25, 0.3) is 0 Å². The summed E-state index contributed by atoms with van der Waals surface area (Å²) in [4.78, 5) is 14.1. The van der Waals surface area contributed by atoms with Crippen molar-refractivity contribution in [3.63, 3.8) is 0 Å². The van der Waals surface area contributed by atoms with Crippen molar-refractivity contribution in [2.24, 2.45) is 5.73 Å². The summed E-state index contributed by atoms with van der Waals surface area (Å²) < 4.78 is 63.6. The summed E-state index contributed by atoms with van der Waals surface area (Å²) in [7, 11) is 1.38. The van der Waals surface area contributed by atoms with Gasteiger partial charge in [-0.1, -0.05) is 12.1 Å². The maximum atomic E-state index is 15.4. The number of aromatic nitrogens is 2. The quantitative estimate of drug-likeness (QED) is 0.287. The molecule has 1 fully saturated rings. The van der Waals surface area contributed by atoms with Gasteiger partial charge >= 0.3 is 11.9 Å². The maximum absolute atomic E-state index is 15.4. The second-order valence-electron chi connectivity index (χ2n) is 8.19. The number of rotatable bonds is 6. The number of ether oxygens (including phenoxy) is 1. The third kappa shape index (κ3) is 3.68. The molecule has 12 heteroatoms. The minimum atomic E-state index is -4.70. The number of nitrogens with one attached hydrogen (secondary N) is 2. The van der Waals surface area contributed by atoms with Gasteiger partial charge < -0.3 is 15.4 Å². The lowest BCUT2D eigenvalue weighted by molar-refractivity contribution is -0.136. The number of halogens is 4. The Kier molecular flexibility index (Phi) is 5.82. The van der Waals surface area contributed by atoms with E-state index in [-0.39, 0.29) is 36.5 Å². The minimum Gasteiger partial charge on any atom is -0.379 e. The molecule has 0 saturated carbocycles. The summed E-state index contributed by atoms with van der Waals surface area (Å²) in [6, 6.07) is 7.12. The van der Waals surface area contributed by atoms with E-state index in [1.807, 2.05) is 0 Å². The molecular formula is C22H22F4N6O2. The molecule has 4 N–H and O–H groups in total. The van der Waals surface area contributed by atoms with Crippen LogP contribution in [0.25, 0.3) is 11.2 Å². The number of imidazole rings is 1. The Morgan fingerprint density at radius 1 is 1.32 bits per heavy atom. The average molecular weight is 478 g/mol. The largest absolute Gasteiger partial charge is 0.418 e. The molecule has 1 saturated heterocycles. The predicted octanol–water partition coefficient (Wildman–Crippen LogP) is 2.69. The van der Waals surface area contributed by atoms with Crippen molar-refractivity contribution in [2.75, 3.05) is 20.3 Å². The maximum Gasteiger partial charge on any atom is 0.418 e. The van der Waals surface area contributed by atoms with Crippen LogP contribution in [-0.2, 0) is 22.9 Å². The predicted molar refractivity (Wildman–Crippen MR) is 118 cm³/mol. The van der Waals surface area contributed by atoms with Crippen molar-refractivity contribution in [3.05, 3.63) is 69.9 Å². The molecule has 1 aliphatic rings. The van der Waals surface area contributed by atoms with Gasteiger partial charge in [0, 0.05) is 26.0 Å². The van der Waals surface area contributed by atoms with Crippen molar-refractivity contribution < 1.29 is 22.3 Å². The normalized spacial score (nSPS) is 16.2. The molecule has 4 rings (SSSR count). The third-order valence-electron chi connectivity index (χ3n) is 6.08. The summed E-state index contributed by atoms with van der Waals surface area (Å²) >= 11 is 0. The molecule has 0 amide bonds. The molecule has 34 heavy (non-hydrogen) atoms. The molecule has 8 nitrogen and oxygen atoms in total. The summed E-state index contributed by atoms with van der Waals surface area (Å²) in [5.74, 6) is -0.431. The Morgan fingerprint density at radius 3 is 2.59 bits per heavy atom. The summed E-state index contributed by atoms with van der Waals surface area (Å²) in [5.41, 5.74) is 3.05. The number of alkyl halides is 4. The van der Waals surface area contributed by atoms with Crippen LogP contribution in [0, 0.1) is 10.8 Å². The lowest BCUT2D eigenvalue weighted by Gasteiger charge is -2.45. The molecule has 1 atom stereocenters. The molecule has 0 bridgehead atoms.